The molecular weight excluding hydrogens is 234 g/mol. The van der Waals surface area contributed by atoms with Crippen LogP contribution in [0.3, 0.4) is 0 Å². The van der Waals surface area contributed by atoms with Gasteiger partial charge in [-0.1, -0.05) is 18.6 Å². The largest absolute Gasteiger partial charge is 0.388 e. The van der Waals surface area contributed by atoms with Crippen molar-refractivity contribution in [2.75, 3.05) is 13.1 Å². The second-order valence-corrected chi connectivity index (χ2v) is 4.59. The van der Waals surface area contributed by atoms with Crippen LogP contribution in [0.25, 0.3) is 0 Å². The van der Waals surface area contributed by atoms with E-state index >= 15 is 0 Å². The van der Waals surface area contributed by atoms with E-state index in [1.807, 2.05) is 6.92 Å². The first-order chi connectivity index (χ1) is 8.48. The smallest absolute Gasteiger partial charge is 0.273 e. The van der Waals surface area contributed by atoms with Crippen LogP contribution in [0.2, 0.25) is 0 Å². The summed E-state index contributed by atoms with van der Waals surface area (Å²) in [7, 11) is 0. The van der Waals surface area contributed by atoms with Gasteiger partial charge in [0, 0.05) is 13.1 Å². The van der Waals surface area contributed by atoms with Crippen LogP contribution in [0.1, 0.15) is 37.2 Å². The van der Waals surface area contributed by atoms with E-state index in [0.29, 0.717) is 19.5 Å². The van der Waals surface area contributed by atoms with E-state index in [0.717, 1.165) is 6.42 Å². The summed E-state index contributed by atoms with van der Waals surface area (Å²) in [4.78, 5) is 11.7. The number of aromatic nitrogens is 3. The number of nitrogens with zero attached hydrogens (tertiary/aromatic N) is 3. The molecule has 0 saturated heterocycles. The summed E-state index contributed by atoms with van der Waals surface area (Å²) >= 11 is 0. The van der Waals surface area contributed by atoms with E-state index < -0.39 is 5.60 Å². The number of hydrogen-bond donors (Lipinski definition) is 3. The maximum Gasteiger partial charge on any atom is 0.273 e. The van der Waals surface area contributed by atoms with Gasteiger partial charge in [0.2, 0.25) is 0 Å². The number of aliphatic hydroxyl groups is 1. The fourth-order valence-electron chi connectivity index (χ4n) is 1.63. The van der Waals surface area contributed by atoms with Crippen molar-refractivity contribution in [3.63, 3.8) is 0 Å². The van der Waals surface area contributed by atoms with Crippen LogP contribution >= 0.6 is 0 Å². The number of nitrogens with one attached hydrogen (secondary N) is 1. The Morgan fingerprint density at radius 1 is 1.67 bits per heavy atom. The summed E-state index contributed by atoms with van der Waals surface area (Å²) < 4.78 is 1.51. The van der Waals surface area contributed by atoms with Gasteiger partial charge in [-0.25, -0.2) is 0 Å². The zero-order valence-electron chi connectivity index (χ0n) is 10.9. The molecule has 1 unspecified atom stereocenters. The van der Waals surface area contributed by atoms with Crippen LogP contribution in [-0.4, -0.2) is 44.7 Å². The molecule has 18 heavy (non-hydrogen) atoms. The van der Waals surface area contributed by atoms with Crippen LogP contribution < -0.4 is 11.1 Å². The van der Waals surface area contributed by atoms with Crippen molar-refractivity contribution in [3.8, 4) is 0 Å². The van der Waals surface area contributed by atoms with Crippen molar-refractivity contribution < 1.29 is 9.90 Å². The third kappa shape index (κ3) is 4.42. The van der Waals surface area contributed by atoms with Gasteiger partial charge >= 0.3 is 0 Å². The van der Waals surface area contributed by atoms with E-state index in [4.69, 9.17) is 5.73 Å². The summed E-state index contributed by atoms with van der Waals surface area (Å²) in [5.41, 5.74) is 4.71. The maximum absolute atomic E-state index is 11.7. The molecule has 0 aromatic carbocycles. The molecule has 4 N–H and O–H groups in total. The Labute approximate surface area is 106 Å². The minimum atomic E-state index is -0.891. The lowest BCUT2D eigenvalue weighted by Crippen LogP contribution is -2.40. The van der Waals surface area contributed by atoms with Gasteiger partial charge in [0.15, 0.2) is 5.69 Å². The van der Waals surface area contributed by atoms with Gasteiger partial charge in [-0.15, -0.1) is 5.10 Å². The Hall–Kier alpha value is -1.47. The van der Waals surface area contributed by atoms with Crippen LogP contribution in [0, 0.1) is 0 Å². The predicted molar refractivity (Wildman–Crippen MR) is 66.9 cm³/mol. The highest BCUT2D eigenvalue weighted by Gasteiger charge is 2.21. The van der Waals surface area contributed by atoms with E-state index in [2.05, 4.69) is 15.6 Å². The molecule has 0 spiro atoms. The fraction of sp³-hybridized carbons (Fsp3) is 0.727. The highest BCUT2D eigenvalue weighted by atomic mass is 16.3. The quantitative estimate of drug-likeness (QED) is 0.610. The highest BCUT2D eigenvalue weighted by Crippen LogP contribution is 2.10. The summed E-state index contributed by atoms with van der Waals surface area (Å²) in [5.74, 6) is -0.338. The molecule has 7 nitrogen and oxygen atoms in total. The van der Waals surface area contributed by atoms with E-state index in [1.165, 1.54) is 10.9 Å². The monoisotopic (exact) mass is 255 g/mol. The van der Waals surface area contributed by atoms with E-state index in [1.54, 1.807) is 6.92 Å². The van der Waals surface area contributed by atoms with Gasteiger partial charge in [-0.3, -0.25) is 9.48 Å². The number of carbonyl (C=O) groups excluding carboxylic acids is 1. The summed E-state index contributed by atoms with van der Waals surface area (Å²) in [6.07, 6.45) is 3.03. The summed E-state index contributed by atoms with van der Waals surface area (Å²) in [5, 5.41) is 20.1. The molecule has 0 bridgehead atoms. The molecule has 0 fully saturated rings. The molecule has 0 aliphatic rings. The number of rotatable bonds is 7. The maximum atomic E-state index is 11.7. The van der Waals surface area contributed by atoms with Crippen LogP contribution in [0.4, 0.5) is 0 Å². The standard InChI is InChI=1S/C11H21N5O2/c1-3-4-11(2,18)8-13-10(17)9-7-16(6-5-12)15-14-9/h7,18H,3-6,8,12H2,1-2H3,(H,13,17). The Balaban J connectivity index is 2.49. The topological polar surface area (TPSA) is 106 Å². The first-order valence-electron chi connectivity index (χ1n) is 6.09. The molecule has 0 radical (unpaired) electrons. The van der Waals surface area contributed by atoms with Crippen molar-refractivity contribution in [1.82, 2.24) is 20.3 Å². The lowest BCUT2D eigenvalue weighted by molar-refractivity contribution is 0.0468. The van der Waals surface area contributed by atoms with Crippen molar-refractivity contribution >= 4 is 5.91 Å². The van der Waals surface area contributed by atoms with Gasteiger partial charge < -0.3 is 16.2 Å². The lowest BCUT2D eigenvalue weighted by atomic mass is 10.0. The van der Waals surface area contributed by atoms with Crippen molar-refractivity contribution in [2.24, 2.45) is 5.73 Å². The van der Waals surface area contributed by atoms with E-state index in [9.17, 15) is 9.90 Å². The molecule has 1 amide bonds. The number of nitrogens with two attached hydrogens (primary N) is 1. The first kappa shape index (κ1) is 14.6. The SMILES string of the molecule is CCCC(C)(O)CNC(=O)c1cn(CCN)nn1. The fourth-order valence-corrected chi connectivity index (χ4v) is 1.63. The third-order valence-electron chi connectivity index (χ3n) is 2.55. The van der Waals surface area contributed by atoms with E-state index in [-0.39, 0.29) is 18.1 Å². The minimum Gasteiger partial charge on any atom is -0.388 e. The number of hydrogen-bond acceptors (Lipinski definition) is 5. The molecule has 0 aliphatic carbocycles. The third-order valence-corrected chi connectivity index (χ3v) is 2.55. The van der Waals surface area contributed by atoms with Gasteiger partial charge in [-0.05, 0) is 13.3 Å². The van der Waals surface area contributed by atoms with Gasteiger partial charge in [0.1, 0.15) is 0 Å². The molecule has 1 rings (SSSR count). The molecule has 102 valence electrons. The molecular formula is C11H21N5O2. The average Bonchev–Trinajstić information content (AvgIpc) is 2.75. The number of carbonyl (C=O) groups is 1. The predicted octanol–water partition coefficient (Wildman–Crippen LogP) is -0.482. The van der Waals surface area contributed by atoms with Crippen molar-refractivity contribution in [1.29, 1.82) is 0 Å². The van der Waals surface area contributed by atoms with Gasteiger partial charge in [-0.2, -0.15) is 0 Å². The normalized spacial score (nSPS) is 14.2. The average molecular weight is 255 g/mol. The second kappa shape index (κ2) is 6.46. The number of amides is 1. The molecule has 1 atom stereocenters. The van der Waals surface area contributed by atoms with Crippen molar-refractivity contribution in [2.45, 2.75) is 38.8 Å². The first-order valence-corrected chi connectivity index (χ1v) is 6.09. The Kier molecular flexibility index (Phi) is 5.24. The van der Waals surface area contributed by atoms with Crippen LogP contribution in [0.15, 0.2) is 6.20 Å². The Morgan fingerprint density at radius 2 is 2.39 bits per heavy atom. The Bertz CT molecular complexity index is 389. The second-order valence-electron chi connectivity index (χ2n) is 4.59. The molecule has 1 aromatic rings. The Morgan fingerprint density at radius 3 is 3.00 bits per heavy atom. The highest BCUT2D eigenvalue weighted by molar-refractivity contribution is 5.91. The zero-order valence-corrected chi connectivity index (χ0v) is 10.9. The molecule has 0 saturated carbocycles. The van der Waals surface area contributed by atoms with Gasteiger partial charge in [0.25, 0.3) is 5.91 Å². The van der Waals surface area contributed by atoms with Crippen LogP contribution in [0.5, 0.6) is 0 Å². The molecule has 7 heteroatoms. The summed E-state index contributed by atoms with van der Waals surface area (Å²) in [6, 6.07) is 0. The van der Waals surface area contributed by atoms with Crippen molar-refractivity contribution in [3.05, 3.63) is 11.9 Å². The minimum absolute atomic E-state index is 0.198. The zero-order chi connectivity index (χ0) is 13.6. The molecule has 1 heterocycles. The van der Waals surface area contributed by atoms with Crippen LogP contribution in [-0.2, 0) is 6.54 Å². The molecule has 0 aliphatic heterocycles. The molecule has 1 aromatic heterocycles. The lowest BCUT2D eigenvalue weighted by Gasteiger charge is -2.22. The van der Waals surface area contributed by atoms with Gasteiger partial charge in [0.05, 0.1) is 18.3 Å². The summed E-state index contributed by atoms with van der Waals surface area (Å²) in [6.45, 7) is 4.84.